The molecule has 1 aromatic heterocycles. The number of rotatable bonds is 8. The van der Waals surface area contributed by atoms with Crippen molar-refractivity contribution in [3.63, 3.8) is 0 Å². The van der Waals surface area contributed by atoms with Crippen LogP contribution in [0.15, 0.2) is 0 Å². The first-order valence-corrected chi connectivity index (χ1v) is 7.66. The Morgan fingerprint density at radius 3 is 2.45 bits per heavy atom. The lowest BCUT2D eigenvalue weighted by Crippen LogP contribution is -2.30. The van der Waals surface area contributed by atoms with Gasteiger partial charge in [-0.2, -0.15) is 0 Å². The van der Waals surface area contributed by atoms with Gasteiger partial charge in [-0.25, -0.2) is 15.8 Å². The number of nitrogen functional groups attached to an aromatic ring is 1. The number of nitrogens with zero attached hydrogens (tertiary/aromatic N) is 3. The molecule has 1 heterocycles. The van der Waals surface area contributed by atoms with E-state index in [1.165, 1.54) is 6.42 Å². The summed E-state index contributed by atoms with van der Waals surface area (Å²) in [5.74, 6) is 8.86. The average molecular weight is 279 g/mol. The standard InChI is InChI=1S/C15H29N5/c1-6-9-13-17-14(19-16)12(5)15(18-13)20(8-3)10-11(4)7-2/h11H,6-10,16H2,1-5H3,(H,17,18,19). The molecule has 0 aliphatic heterocycles. The Morgan fingerprint density at radius 2 is 1.95 bits per heavy atom. The maximum absolute atomic E-state index is 5.59. The lowest BCUT2D eigenvalue weighted by molar-refractivity contribution is 0.544. The van der Waals surface area contributed by atoms with Crippen LogP contribution in [-0.2, 0) is 6.42 Å². The van der Waals surface area contributed by atoms with Gasteiger partial charge in [0, 0.05) is 25.1 Å². The lowest BCUT2D eigenvalue weighted by Gasteiger charge is -2.27. The van der Waals surface area contributed by atoms with E-state index in [1.807, 2.05) is 6.92 Å². The molecule has 20 heavy (non-hydrogen) atoms. The Bertz CT molecular complexity index is 419. The van der Waals surface area contributed by atoms with Crippen molar-refractivity contribution in [3.8, 4) is 0 Å². The van der Waals surface area contributed by atoms with Crippen molar-refractivity contribution in [2.75, 3.05) is 23.4 Å². The predicted molar refractivity (Wildman–Crippen MR) is 85.9 cm³/mol. The van der Waals surface area contributed by atoms with Crippen LogP contribution in [0.4, 0.5) is 11.6 Å². The molecule has 1 aromatic rings. The van der Waals surface area contributed by atoms with Crippen LogP contribution in [-0.4, -0.2) is 23.1 Å². The summed E-state index contributed by atoms with van der Waals surface area (Å²) in [5.41, 5.74) is 3.73. The van der Waals surface area contributed by atoms with Crippen LogP contribution in [0.5, 0.6) is 0 Å². The molecule has 0 spiro atoms. The van der Waals surface area contributed by atoms with E-state index in [9.17, 15) is 0 Å². The van der Waals surface area contributed by atoms with Gasteiger partial charge < -0.3 is 10.3 Å². The topological polar surface area (TPSA) is 67.1 Å². The van der Waals surface area contributed by atoms with E-state index >= 15 is 0 Å². The molecule has 5 heteroatoms. The SMILES string of the molecule is CCCc1nc(NN)c(C)c(N(CC)CC(C)CC)n1. The highest BCUT2D eigenvalue weighted by atomic mass is 15.3. The highest BCUT2D eigenvalue weighted by Gasteiger charge is 2.16. The molecule has 0 amide bonds. The van der Waals surface area contributed by atoms with Crippen molar-refractivity contribution in [1.82, 2.24) is 9.97 Å². The van der Waals surface area contributed by atoms with Crippen molar-refractivity contribution >= 4 is 11.6 Å². The van der Waals surface area contributed by atoms with E-state index in [-0.39, 0.29) is 0 Å². The number of nitrogens with one attached hydrogen (secondary N) is 1. The molecule has 0 bridgehead atoms. The summed E-state index contributed by atoms with van der Waals surface area (Å²) in [6.07, 6.45) is 3.08. The first-order valence-electron chi connectivity index (χ1n) is 7.66. The van der Waals surface area contributed by atoms with Crippen LogP contribution in [0.25, 0.3) is 0 Å². The largest absolute Gasteiger partial charge is 0.356 e. The van der Waals surface area contributed by atoms with Gasteiger partial charge in [0.15, 0.2) is 0 Å². The molecular formula is C15H29N5. The van der Waals surface area contributed by atoms with Crippen molar-refractivity contribution in [3.05, 3.63) is 11.4 Å². The number of hydrogen-bond acceptors (Lipinski definition) is 5. The summed E-state index contributed by atoms with van der Waals surface area (Å²) in [6, 6.07) is 0. The second-order valence-corrected chi connectivity index (χ2v) is 5.38. The minimum Gasteiger partial charge on any atom is -0.356 e. The zero-order valence-electron chi connectivity index (χ0n) is 13.5. The minimum absolute atomic E-state index is 0.647. The molecule has 1 atom stereocenters. The molecular weight excluding hydrogens is 250 g/mol. The molecule has 5 nitrogen and oxygen atoms in total. The van der Waals surface area contributed by atoms with Crippen molar-refractivity contribution in [1.29, 1.82) is 0 Å². The molecule has 0 aliphatic rings. The number of hydrazine groups is 1. The fraction of sp³-hybridized carbons (Fsp3) is 0.733. The Balaban J connectivity index is 3.14. The monoisotopic (exact) mass is 279 g/mol. The second kappa shape index (κ2) is 8.04. The number of aromatic nitrogens is 2. The van der Waals surface area contributed by atoms with E-state index in [0.29, 0.717) is 5.92 Å². The summed E-state index contributed by atoms with van der Waals surface area (Å²) < 4.78 is 0. The normalized spacial score (nSPS) is 12.3. The summed E-state index contributed by atoms with van der Waals surface area (Å²) in [5, 5.41) is 0. The van der Waals surface area contributed by atoms with Crippen molar-refractivity contribution in [2.24, 2.45) is 11.8 Å². The highest BCUT2D eigenvalue weighted by molar-refractivity contribution is 5.58. The Kier molecular flexibility index (Phi) is 6.71. The molecule has 0 aliphatic carbocycles. The molecule has 0 fully saturated rings. The van der Waals surface area contributed by atoms with Gasteiger partial charge >= 0.3 is 0 Å². The van der Waals surface area contributed by atoms with Gasteiger partial charge in [0.1, 0.15) is 17.5 Å². The van der Waals surface area contributed by atoms with Crippen LogP contribution in [0.3, 0.4) is 0 Å². The van der Waals surface area contributed by atoms with Crippen LogP contribution >= 0.6 is 0 Å². The third-order valence-corrected chi connectivity index (χ3v) is 3.69. The van der Waals surface area contributed by atoms with Crippen LogP contribution < -0.4 is 16.2 Å². The molecule has 0 saturated carbocycles. The molecule has 3 N–H and O–H groups in total. The summed E-state index contributed by atoms with van der Waals surface area (Å²) in [7, 11) is 0. The Morgan fingerprint density at radius 1 is 1.25 bits per heavy atom. The first kappa shape index (κ1) is 16.7. The molecule has 114 valence electrons. The van der Waals surface area contributed by atoms with E-state index in [0.717, 1.165) is 49.0 Å². The molecule has 0 radical (unpaired) electrons. The van der Waals surface area contributed by atoms with Crippen molar-refractivity contribution in [2.45, 2.75) is 53.9 Å². The van der Waals surface area contributed by atoms with Gasteiger partial charge in [-0.1, -0.05) is 27.2 Å². The minimum atomic E-state index is 0.647. The second-order valence-electron chi connectivity index (χ2n) is 5.38. The van der Waals surface area contributed by atoms with E-state index in [1.54, 1.807) is 0 Å². The van der Waals surface area contributed by atoms with Gasteiger partial charge in [0.2, 0.25) is 0 Å². The third-order valence-electron chi connectivity index (χ3n) is 3.69. The average Bonchev–Trinajstić information content (AvgIpc) is 2.46. The molecule has 1 rings (SSSR count). The summed E-state index contributed by atoms with van der Waals surface area (Å²) >= 11 is 0. The maximum atomic E-state index is 5.59. The third kappa shape index (κ3) is 4.07. The Labute approximate surface area is 123 Å². The van der Waals surface area contributed by atoms with E-state index in [2.05, 4.69) is 43.0 Å². The van der Waals surface area contributed by atoms with Gasteiger partial charge in [-0.15, -0.1) is 0 Å². The van der Waals surface area contributed by atoms with Crippen LogP contribution in [0, 0.1) is 12.8 Å². The zero-order valence-corrected chi connectivity index (χ0v) is 13.5. The predicted octanol–water partition coefficient (Wildman–Crippen LogP) is 2.90. The number of nitrogens with two attached hydrogens (primary N) is 1. The van der Waals surface area contributed by atoms with Gasteiger partial charge in [-0.05, 0) is 26.2 Å². The highest BCUT2D eigenvalue weighted by Crippen LogP contribution is 2.24. The summed E-state index contributed by atoms with van der Waals surface area (Å²) in [4.78, 5) is 11.6. The smallest absolute Gasteiger partial charge is 0.148 e. The summed E-state index contributed by atoms with van der Waals surface area (Å²) in [6.45, 7) is 12.8. The first-order chi connectivity index (χ1) is 9.57. The fourth-order valence-electron chi connectivity index (χ4n) is 2.20. The van der Waals surface area contributed by atoms with Gasteiger partial charge in [0.05, 0.1) is 0 Å². The van der Waals surface area contributed by atoms with Crippen LogP contribution in [0.2, 0.25) is 0 Å². The molecule has 1 unspecified atom stereocenters. The van der Waals surface area contributed by atoms with Gasteiger partial charge in [0.25, 0.3) is 0 Å². The zero-order chi connectivity index (χ0) is 15.1. The van der Waals surface area contributed by atoms with E-state index in [4.69, 9.17) is 10.8 Å². The number of hydrogen-bond donors (Lipinski definition) is 2. The molecule has 0 aromatic carbocycles. The lowest BCUT2D eigenvalue weighted by atomic mass is 10.1. The van der Waals surface area contributed by atoms with Gasteiger partial charge in [-0.3, -0.25) is 0 Å². The maximum Gasteiger partial charge on any atom is 0.148 e. The number of anilines is 2. The number of aryl methyl sites for hydroxylation is 1. The van der Waals surface area contributed by atoms with Crippen LogP contribution in [0.1, 0.15) is 51.9 Å². The van der Waals surface area contributed by atoms with E-state index < -0.39 is 0 Å². The Hall–Kier alpha value is -1.36. The molecule has 0 saturated heterocycles. The quantitative estimate of drug-likeness (QED) is 0.566. The fourth-order valence-corrected chi connectivity index (χ4v) is 2.20. The van der Waals surface area contributed by atoms with Crippen molar-refractivity contribution < 1.29 is 0 Å².